The first-order chi connectivity index (χ1) is 9.40. The smallest absolute Gasteiger partial charge is 0.340 e. The van der Waals surface area contributed by atoms with E-state index in [-0.39, 0.29) is 17.4 Å². The predicted octanol–water partition coefficient (Wildman–Crippen LogP) is 2.44. The molecule has 1 aromatic rings. The van der Waals surface area contributed by atoms with Crippen LogP contribution in [0.5, 0.6) is 0 Å². The SMILES string of the molecule is CCC(C)C(N)C(=O)Nc1ccc(Cl)cc1C(=O)OC. The first-order valence-corrected chi connectivity index (χ1v) is 6.72. The molecule has 3 N–H and O–H groups in total. The van der Waals surface area contributed by atoms with E-state index in [1.807, 2.05) is 13.8 Å². The largest absolute Gasteiger partial charge is 0.465 e. The molecule has 0 aromatic heterocycles. The topological polar surface area (TPSA) is 81.4 Å². The summed E-state index contributed by atoms with van der Waals surface area (Å²) in [7, 11) is 1.26. The fraction of sp³-hybridized carbons (Fsp3) is 0.429. The van der Waals surface area contributed by atoms with E-state index in [1.54, 1.807) is 12.1 Å². The second-order valence-electron chi connectivity index (χ2n) is 4.58. The molecule has 5 nitrogen and oxygen atoms in total. The van der Waals surface area contributed by atoms with Crippen molar-refractivity contribution in [1.29, 1.82) is 0 Å². The second-order valence-corrected chi connectivity index (χ2v) is 5.02. The molecule has 0 aliphatic rings. The van der Waals surface area contributed by atoms with Crippen LogP contribution in [-0.2, 0) is 9.53 Å². The van der Waals surface area contributed by atoms with Crippen LogP contribution in [0.1, 0.15) is 30.6 Å². The summed E-state index contributed by atoms with van der Waals surface area (Å²) in [5.41, 5.74) is 6.39. The van der Waals surface area contributed by atoms with Gasteiger partial charge in [0.25, 0.3) is 0 Å². The number of methoxy groups -OCH3 is 1. The van der Waals surface area contributed by atoms with Crippen LogP contribution in [0.4, 0.5) is 5.69 Å². The summed E-state index contributed by atoms with van der Waals surface area (Å²) in [4.78, 5) is 23.7. The van der Waals surface area contributed by atoms with Crippen LogP contribution in [0, 0.1) is 5.92 Å². The number of carbonyl (C=O) groups is 2. The van der Waals surface area contributed by atoms with Crippen molar-refractivity contribution < 1.29 is 14.3 Å². The lowest BCUT2D eigenvalue weighted by molar-refractivity contribution is -0.118. The maximum absolute atomic E-state index is 12.0. The van der Waals surface area contributed by atoms with Crippen molar-refractivity contribution in [3.8, 4) is 0 Å². The molecule has 0 fully saturated rings. The average molecular weight is 299 g/mol. The molecule has 1 amide bonds. The number of nitrogens with one attached hydrogen (secondary N) is 1. The zero-order valence-electron chi connectivity index (χ0n) is 11.8. The first-order valence-electron chi connectivity index (χ1n) is 6.35. The molecule has 110 valence electrons. The van der Waals surface area contributed by atoms with E-state index in [2.05, 4.69) is 10.1 Å². The lowest BCUT2D eigenvalue weighted by atomic mass is 9.99. The third-order valence-electron chi connectivity index (χ3n) is 3.20. The van der Waals surface area contributed by atoms with Gasteiger partial charge in [-0.3, -0.25) is 4.79 Å². The monoisotopic (exact) mass is 298 g/mol. The zero-order valence-corrected chi connectivity index (χ0v) is 12.5. The van der Waals surface area contributed by atoms with Crippen molar-refractivity contribution >= 4 is 29.2 Å². The number of anilines is 1. The molecular formula is C14H19ClN2O3. The Labute approximate surface area is 123 Å². The highest BCUT2D eigenvalue weighted by molar-refractivity contribution is 6.31. The van der Waals surface area contributed by atoms with Gasteiger partial charge in [0, 0.05) is 5.02 Å². The molecule has 0 heterocycles. The van der Waals surface area contributed by atoms with E-state index in [1.165, 1.54) is 13.2 Å². The normalized spacial score (nSPS) is 13.4. The predicted molar refractivity (Wildman–Crippen MR) is 78.9 cm³/mol. The molecule has 0 radical (unpaired) electrons. The maximum Gasteiger partial charge on any atom is 0.340 e. The van der Waals surface area contributed by atoms with Crippen molar-refractivity contribution in [2.24, 2.45) is 11.7 Å². The number of esters is 1. The average Bonchev–Trinajstić information content (AvgIpc) is 2.46. The molecule has 6 heteroatoms. The summed E-state index contributed by atoms with van der Waals surface area (Å²) in [6.45, 7) is 3.85. The Balaban J connectivity index is 2.97. The molecule has 0 spiro atoms. The second kappa shape index (κ2) is 7.26. The van der Waals surface area contributed by atoms with Crippen molar-refractivity contribution in [2.75, 3.05) is 12.4 Å². The van der Waals surface area contributed by atoms with Crippen molar-refractivity contribution in [3.63, 3.8) is 0 Å². The summed E-state index contributed by atoms with van der Waals surface area (Å²) >= 11 is 5.84. The molecule has 0 bridgehead atoms. The summed E-state index contributed by atoms with van der Waals surface area (Å²) in [6, 6.07) is 3.94. The van der Waals surface area contributed by atoms with E-state index >= 15 is 0 Å². The van der Waals surface area contributed by atoms with Gasteiger partial charge in [0.15, 0.2) is 0 Å². The van der Waals surface area contributed by atoms with Crippen LogP contribution < -0.4 is 11.1 Å². The molecule has 2 unspecified atom stereocenters. The lowest BCUT2D eigenvalue weighted by Gasteiger charge is -2.18. The van der Waals surface area contributed by atoms with Gasteiger partial charge in [-0.1, -0.05) is 31.9 Å². The van der Waals surface area contributed by atoms with Gasteiger partial charge in [0.05, 0.1) is 24.4 Å². The highest BCUT2D eigenvalue weighted by Crippen LogP contribution is 2.22. The van der Waals surface area contributed by atoms with E-state index in [0.717, 1.165) is 6.42 Å². The van der Waals surface area contributed by atoms with Gasteiger partial charge in [0.2, 0.25) is 5.91 Å². The molecule has 1 rings (SSSR count). The van der Waals surface area contributed by atoms with Gasteiger partial charge in [-0.25, -0.2) is 4.79 Å². The minimum atomic E-state index is -0.638. The number of benzene rings is 1. The first kappa shape index (κ1) is 16.5. The van der Waals surface area contributed by atoms with Gasteiger partial charge < -0.3 is 15.8 Å². The number of amides is 1. The van der Waals surface area contributed by atoms with Crippen molar-refractivity contribution in [3.05, 3.63) is 28.8 Å². The number of rotatable bonds is 5. The lowest BCUT2D eigenvalue weighted by Crippen LogP contribution is -2.40. The summed E-state index contributed by atoms with van der Waals surface area (Å²) < 4.78 is 4.66. The zero-order chi connectivity index (χ0) is 15.3. The Hall–Kier alpha value is -1.59. The molecule has 0 saturated heterocycles. The van der Waals surface area contributed by atoms with Gasteiger partial charge in [-0.15, -0.1) is 0 Å². The van der Waals surface area contributed by atoms with Crippen LogP contribution in [0.25, 0.3) is 0 Å². The van der Waals surface area contributed by atoms with Crippen LogP contribution >= 0.6 is 11.6 Å². The Morgan fingerprint density at radius 1 is 1.45 bits per heavy atom. The van der Waals surface area contributed by atoms with Crippen LogP contribution in [0.2, 0.25) is 5.02 Å². The Morgan fingerprint density at radius 2 is 2.10 bits per heavy atom. The van der Waals surface area contributed by atoms with Crippen molar-refractivity contribution in [1.82, 2.24) is 0 Å². The molecule has 20 heavy (non-hydrogen) atoms. The number of nitrogens with two attached hydrogens (primary N) is 1. The minimum Gasteiger partial charge on any atom is -0.465 e. The fourth-order valence-electron chi connectivity index (χ4n) is 1.63. The quantitative estimate of drug-likeness (QED) is 0.818. The summed E-state index contributed by atoms with van der Waals surface area (Å²) in [5.74, 6) is -0.865. The molecule has 1 aromatic carbocycles. The maximum atomic E-state index is 12.0. The Bertz CT molecular complexity index is 505. The van der Waals surface area contributed by atoms with Crippen LogP contribution in [0.15, 0.2) is 18.2 Å². The fourth-order valence-corrected chi connectivity index (χ4v) is 1.80. The van der Waals surface area contributed by atoms with E-state index in [0.29, 0.717) is 10.7 Å². The summed E-state index contributed by atoms with van der Waals surface area (Å²) in [6.07, 6.45) is 0.791. The third kappa shape index (κ3) is 3.95. The van der Waals surface area contributed by atoms with Crippen molar-refractivity contribution in [2.45, 2.75) is 26.3 Å². The minimum absolute atomic E-state index is 0.0453. The number of ether oxygens (including phenoxy) is 1. The van der Waals surface area contributed by atoms with E-state index in [9.17, 15) is 9.59 Å². The molecule has 0 saturated carbocycles. The molecule has 2 atom stereocenters. The highest BCUT2D eigenvalue weighted by Gasteiger charge is 2.21. The van der Waals surface area contributed by atoms with Gasteiger partial charge in [0.1, 0.15) is 0 Å². The van der Waals surface area contributed by atoms with E-state index in [4.69, 9.17) is 17.3 Å². The van der Waals surface area contributed by atoms with Crippen LogP contribution in [-0.4, -0.2) is 25.0 Å². The molecule has 0 aliphatic heterocycles. The Morgan fingerprint density at radius 3 is 2.65 bits per heavy atom. The summed E-state index contributed by atoms with van der Waals surface area (Å²) in [5, 5.41) is 3.03. The Kier molecular flexibility index (Phi) is 5.98. The number of carbonyl (C=O) groups excluding carboxylic acids is 2. The van der Waals surface area contributed by atoms with Gasteiger partial charge in [-0.2, -0.15) is 0 Å². The van der Waals surface area contributed by atoms with Gasteiger partial charge >= 0.3 is 5.97 Å². The standard InChI is InChI=1S/C14H19ClN2O3/c1-4-8(2)12(16)13(18)17-11-6-5-9(15)7-10(11)14(19)20-3/h5-8,12H,4,16H2,1-3H3,(H,17,18). The third-order valence-corrected chi connectivity index (χ3v) is 3.44. The van der Waals surface area contributed by atoms with Crippen LogP contribution in [0.3, 0.4) is 0 Å². The van der Waals surface area contributed by atoms with E-state index < -0.39 is 12.0 Å². The number of halogens is 1. The number of hydrogen-bond acceptors (Lipinski definition) is 4. The highest BCUT2D eigenvalue weighted by atomic mass is 35.5. The molecule has 0 aliphatic carbocycles. The van der Waals surface area contributed by atoms with Gasteiger partial charge in [-0.05, 0) is 24.1 Å². The molecular weight excluding hydrogens is 280 g/mol. The number of hydrogen-bond donors (Lipinski definition) is 2.